The van der Waals surface area contributed by atoms with Crippen LogP contribution in [0.15, 0.2) is 70.2 Å². The average Bonchev–Trinajstić information content (AvgIpc) is 3.33. The van der Waals surface area contributed by atoms with E-state index in [2.05, 4.69) is 85.0 Å². The van der Waals surface area contributed by atoms with Crippen LogP contribution in [0, 0.1) is 11.3 Å². The van der Waals surface area contributed by atoms with Crippen molar-refractivity contribution in [2.75, 3.05) is 4.90 Å². The largest absolute Gasteiger partial charge is 0.405 e. The number of aromatic nitrogens is 1. The molecule has 176 valence electrons. The minimum Gasteiger partial charge on any atom is -0.405 e. The Kier molecular flexibility index (Phi) is 6.31. The van der Waals surface area contributed by atoms with Crippen LogP contribution < -0.4 is 15.2 Å². The summed E-state index contributed by atoms with van der Waals surface area (Å²) in [6.07, 6.45) is 15.0. The smallest absolute Gasteiger partial charge is 0.262 e. The van der Waals surface area contributed by atoms with Crippen molar-refractivity contribution in [2.24, 2.45) is 12.8 Å². The lowest BCUT2D eigenvalue weighted by atomic mass is 9.91. The summed E-state index contributed by atoms with van der Waals surface area (Å²) >= 11 is 3.67. The minimum absolute atomic E-state index is 0.0380. The number of rotatable bonds is 3. The van der Waals surface area contributed by atoms with Crippen molar-refractivity contribution in [3.63, 3.8) is 0 Å². The highest BCUT2D eigenvalue weighted by Gasteiger charge is 2.37. The first-order valence-electron chi connectivity index (χ1n) is 11.8. The lowest BCUT2D eigenvalue weighted by Crippen LogP contribution is -2.42. The minimum atomic E-state index is 0.0380. The van der Waals surface area contributed by atoms with E-state index in [0.717, 1.165) is 30.4 Å². The van der Waals surface area contributed by atoms with Gasteiger partial charge in [-0.05, 0) is 92.4 Å². The van der Waals surface area contributed by atoms with Crippen molar-refractivity contribution in [3.8, 4) is 6.07 Å². The number of nitriles is 1. The van der Waals surface area contributed by atoms with Gasteiger partial charge < -0.3 is 10.6 Å². The quantitative estimate of drug-likeness (QED) is 0.313. The molecule has 3 aromatic rings. The van der Waals surface area contributed by atoms with E-state index in [4.69, 9.17) is 11.0 Å². The van der Waals surface area contributed by atoms with Crippen molar-refractivity contribution in [3.05, 3.63) is 81.5 Å². The summed E-state index contributed by atoms with van der Waals surface area (Å²) in [5, 5.41) is 11.4. The maximum Gasteiger partial charge on any atom is 0.262 e. The summed E-state index contributed by atoms with van der Waals surface area (Å²) in [5.41, 5.74) is 11.7. The Bertz CT molecular complexity index is 1460. The first-order chi connectivity index (χ1) is 16.9. The number of nitrogens with two attached hydrogens (primary N) is 1. The van der Waals surface area contributed by atoms with Gasteiger partial charge in [0.25, 0.3) is 5.01 Å². The molecule has 0 fully saturated rings. The molecule has 0 amide bonds. The molecule has 2 N–H and O–H groups in total. The number of hydrogen-bond donors (Lipinski definition) is 1. The van der Waals surface area contributed by atoms with Crippen molar-refractivity contribution in [1.82, 2.24) is 0 Å². The lowest BCUT2D eigenvalue weighted by molar-refractivity contribution is -0.642. The number of aryl methyl sites for hydroxylation is 1. The number of anilines is 1. The molecule has 4 nitrogen and oxygen atoms in total. The van der Waals surface area contributed by atoms with E-state index in [1.54, 1.807) is 6.20 Å². The first kappa shape index (κ1) is 23.5. The molecule has 0 aliphatic carbocycles. The van der Waals surface area contributed by atoms with E-state index < -0.39 is 0 Å². The van der Waals surface area contributed by atoms with Crippen LogP contribution in [0.4, 0.5) is 5.69 Å². The molecule has 2 aliphatic rings. The Morgan fingerprint density at radius 1 is 1.14 bits per heavy atom. The molecule has 0 spiro atoms. The highest BCUT2D eigenvalue weighted by atomic mass is 32.2. The Labute approximate surface area is 215 Å². The first-order valence-corrected chi connectivity index (χ1v) is 13.4. The number of benzene rings is 2. The molecule has 2 aliphatic heterocycles. The summed E-state index contributed by atoms with van der Waals surface area (Å²) in [4.78, 5) is 3.82. The van der Waals surface area contributed by atoms with Gasteiger partial charge in [-0.25, -0.2) is 0 Å². The summed E-state index contributed by atoms with van der Waals surface area (Å²) in [7, 11) is 2.13. The molecule has 6 heteroatoms. The second kappa shape index (κ2) is 9.41. The van der Waals surface area contributed by atoms with E-state index in [1.165, 1.54) is 42.5 Å². The van der Waals surface area contributed by atoms with E-state index in [1.807, 2.05) is 35.3 Å². The molecule has 0 atom stereocenters. The number of hydrogen-bond acceptors (Lipinski definition) is 5. The van der Waals surface area contributed by atoms with Crippen molar-refractivity contribution in [2.45, 2.75) is 43.5 Å². The average molecular weight is 498 g/mol. The monoisotopic (exact) mass is 497 g/mol. The van der Waals surface area contributed by atoms with Gasteiger partial charge in [-0.1, -0.05) is 35.2 Å². The third-order valence-electron chi connectivity index (χ3n) is 6.66. The molecule has 0 bridgehead atoms. The number of fused-ring (bicyclic) bond motifs is 4. The molecule has 0 radical (unpaired) electrons. The van der Waals surface area contributed by atoms with Crippen LogP contribution in [-0.4, -0.2) is 5.54 Å². The molecule has 5 rings (SSSR count). The standard InChI is InChI=1S/C29H29N4S2/c1-29(2)13-4-6-22(19-28-33(29)24-17-21(12-15-31)9-11-26(24)35-28)18-27-32(3)23-16-20(7-5-14-30)8-10-25(23)34-27/h5,7-12,15-19H,4,6,13,31H2,1-3H3/q+1/b7-5+,15-12+. The van der Waals surface area contributed by atoms with Crippen molar-refractivity contribution in [1.29, 1.82) is 5.26 Å². The Morgan fingerprint density at radius 3 is 2.74 bits per heavy atom. The molecule has 2 aromatic carbocycles. The molecule has 1 aromatic heterocycles. The Balaban J connectivity index is 1.56. The summed E-state index contributed by atoms with van der Waals surface area (Å²) in [6, 6.07) is 15.0. The molecule has 0 saturated carbocycles. The third-order valence-corrected chi connectivity index (χ3v) is 8.91. The summed E-state index contributed by atoms with van der Waals surface area (Å²) in [5.74, 6) is 0. The summed E-state index contributed by atoms with van der Waals surface area (Å²) < 4.78 is 3.51. The zero-order valence-electron chi connectivity index (χ0n) is 20.3. The van der Waals surface area contributed by atoms with Gasteiger partial charge in [-0.15, -0.1) is 0 Å². The Morgan fingerprint density at radius 2 is 1.94 bits per heavy atom. The predicted octanol–water partition coefficient (Wildman–Crippen LogP) is 6.99. The number of thiazole rings is 1. The molecular formula is C29H29N4S2+. The van der Waals surface area contributed by atoms with Crippen LogP contribution in [0.3, 0.4) is 0 Å². The van der Waals surface area contributed by atoms with Gasteiger partial charge in [0.2, 0.25) is 5.52 Å². The second-order valence-electron chi connectivity index (χ2n) is 9.58. The fourth-order valence-corrected chi connectivity index (χ4v) is 7.26. The van der Waals surface area contributed by atoms with E-state index in [9.17, 15) is 0 Å². The van der Waals surface area contributed by atoms with E-state index in [-0.39, 0.29) is 5.54 Å². The predicted molar refractivity (Wildman–Crippen MR) is 150 cm³/mol. The molecule has 35 heavy (non-hydrogen) atoms. The van der Waals surface area contributed by atoms with Gasteiger partial charge in [0.1, 0.15) is 11.7 Å². The summed E-state index contributed by atoms with van der Waals surface area (Å²) in [6.45, 7) is 4.70. The lowest BCUT2D eigenvalue weighted by Gasteiger charge is -2.39. The zero-order valence-corrected chi connectivity index (χ0v) is 21.9. The molecular weight excluding hydrogens is 468 g/mol. The number of allylic oxidation sites excluding steroid dienone is 3. The normalized spacial score (nSPS) is 20.0. The van der Waals surface area contributed by atoms with Crippen LogP contribution in [-0.2, 0) is 7.05 Å². The van der Waals surface area contributed by atoms with Gasteiger partial charge in [0, 0.05) is 28.7 Å². The zero-order chi connectivity index (χ0) is 24.6. The number of thioether (sulfide) groups is 1. The van der Waals surface area contributed by atoms with Gasteiger partial charge in [0.05, 0.1) is 16.8 Å². The van der Waals surface area contributed by atoms with Crippen LogP contribution in [0.2, 0.25) is 0 Å². The topological polar surface area (TPSA) is 56.9 Å². The highest BCUT2D eigenvalue weighted by molar-refractivity contribution is 8.03. The van der Waals surface area contributed by atoms with Crippen LogP contribution in [0.1, 0.15) is 49.2 Å². The second-order valence-corrected chi connectivity index (χ2v) is 11.7. The van der Waals surface area contributed by atoms with Gasteiger partial charge in [-0.2, -0.15) is 9.83 Å². The van der Waals surface area contributed by atoms with E-state index >= 15 is 0 Å². The highest BCUT2D eigenvalue weighted by Crippen LogP contribution is 2.52. The van der Waals surface area contributed by atoms with Gasteiger partial charge in [0.15, 0.2) is 0 Å². The molecule has 0 saturated heterocycles. The van der Waals surface area contributed by atoms with Gasteiger partial charge >= 0.3 is 0 Å². The molecule has 0 unspecified atom stereocenters. The van der Waals surface area contributed by atoms with Crippen molar-refractivity contribution >= 4 is 57.2 Å². The van der Waals surface area contributed by atoms with Crippen LogP contribution in [0.25, 0.3) is 28.4 Å². The Hall–Kier alpha value is -3.27. The van der Waals surface area contributed by atoms with Crippen LogP contribution in [0.5, 0.6) is 0 Å². The van der Waals surface area contributed by atoms with Crippen LogP contribution >= 0.6 is 23.1 Å². The maximum atomic E-state index is 8.85. The van der Waals surface area contributed by atoms with Crippen molar-refractivity contribution < 1.29 is 4.57 Å². The fraction of sp³-hybridized carbons (Fsp3) is 0.241. The number of nitrogens with zero attached hydrogens (tertiary/aromatic N) is 3. The SMILES string of the molecule is C[n+]1c(/C=C2\C=C3\Sc4ccc(/C=C/N)cc4N3C(C)(C)CCC2)sc2ccc(/C=C/C#N)cc21. The maximum absolute atomic E-state index is 8.85. The molecule has 3 heterocycles. The fourth-order valence-electron chi connectivity index (χ4n) is 4.89. The van der Waals surface area contributed by atoms with Gasteiger partial charge in [-0.3, -0.25) is 0 Å². The van der Waals surface area contributed by atoms with E-state index in [0.29, 0.717) is 0 Å². The third kappa shape index (κ3) is 4.54.